The molecule has 2 aromatic rings. The number of hydrogen-bond donors (Lipinski definition) is 1. The molecule has 1 aliphatic heterocycles. The van der Waals surface area contributed by atoms with Crippen LogP contribution in [0.1, 0.15) is 25.7 Å². The third-order valence-electron chi connectivity index (χ3n) is 4.18. The van der Waals surface area contributed by atoms with Crippen molar-refractivity contribution in [1.29, 1.82) is 0 Å². The van der Waals surface area contributed by atoms with E-state index in [1.807, 2.05) is 24.4 Å². The van der Waals surface area contributed by atoms with Crippen LogP contribution < -0.4 is 5.32 Å². The summed E-state index contributed by atoms with van der Waals surface area (Å²) in [6.07, 6.45) is 7.18. The Bertz CT molecular complexity index is 644. The number of azo groups is 1. The van der Waals surface area contributed by atoms with Crippen LogP contribution in [-0.2, 0) is 0 Å². The van der Waals surface area contributed by atoms with Crippen LogP contribution >= 0.6 is 0 Å². The summed E-state index contributed by atoms with van der Waals surface area (Å²) in [5, 5.41) is 13.5. The van der Waals surface area contributed by atoms with Gasteiger partial charge in [-0.05, 0) is 18.9 Å². The van der Waals surface area contributed by atoms with Crippen LogP contribution in [0, 0.1) is 5.92 Å². The minimum atomic E-state index is 0.137. The monoisotopic (exact) mass is 252 g/mol. The molecule has 2 heterocycles. The van der Waals surface area contributed by atoms with Crippen molar-refractivity contribution in [1.82, 2.24) is 4.98 Å². The van der Waals surface area contributed by atoms with Gasteiger partial charge in [0.1, 0.15) is 11.9 Å². The van der Waals surface area contributed by atoms with E-state index >= 15 is 0 Å². The molecule has 1 N–H and O–H groups in total. The van der Waals surface area contributed by atoms with Crippen LogP contribution in [0.5, 0.6) is 0 Å². The number of benzene rings is 1. The van der Waals surface area contributed by atoms with Crippen molar-refractivity contribution < 1.29 is 0 Å². The van der Waals surface area contributed by atoms with Gasteiger partial charge in [-0.15, -0.1) is 0 Å². The zero-order chi connectivity index (χ0) is 12.7. The van der Waals surface area contributed by atoms with E-state index in [1.54, 1.807) is 0 Å². The first-order valence-electron chi connectivity index (χ1n) is 6.97. The maximum Gasteiger partial charge on any atom is 0.143 e. The van der Waals surface area contributed by atoms with Gasteiger partial charge in [0.25, 0.3) is 0 Å². The summed E-state index contributed by atoms with van der Waals surface area (Å²) in [4.78, 5) is 4.49. The van der Waals surface area contributed by atoms with Gasteiger partial charge < -0.3 is 5.32 Å². The van der Waals surface area contributed by atoms with Crippen LogP contribution in [0.25, 0.3) is 10.9 Å². The van der Waals surface area contributed by atoms with Crippen LogP contribution in [-0.4, -0.2) is 11.1 Å². The van der Waals surface area contributed by atoms with Crippen molar-refractivity contribution in [2.24, 2.45) is 16.1 Å². The van der Waals surface area contributed by atoms with E-state index in [1.165, 1.54) is 25.7 Å². The highest BCUT2D eigenvalue weighted by Gasteiger charge is 2.28. The van der Waals surface area contributed by atoms with E-state index in [-0.39, 0.29) is 6.17 Å². The minimum absolute atomic E-state index is 0.137. The molecule has 1 fully saturated rings. The molecule has 1 aromatic heterocycles. The molecular formula is C15H16N4. The van der Waals surface area contributed by atoms with Gasteiger partial charge in [-0.25, -0.2) is 0 Å². The minimum Gasteiger partial charge on any atom is -0.359 e. The maximum atomic E-state index is 4.49. The molecule has 1 aromatic carbocycles. The molecule has 4 nitrogen and oxygen atoms in total. The van der Waals surface area contributed by atoms with Crippen LogP contribution in [0.4, 0.5) is 11.4 Å². The summed E-state index contributed by atoms with van der Waals surface area (Å²) >= 11 is 0. The Morgan fingerprint density at radius 1 is 1.11 bits per heavy atom. The van der Waals surface area contributed by atoms with Crippen molar-refractivity contribution >= 4 is 22.3 Å². The molecule has 19 heavy (non-hydrogen) atoms. The second-order valence-electron chi connectivity index (χ2n) is 5.39. The average molecular weight is 252 g/mol. The molecule has 1 unspecified atom stereocenters. The van der Waals surface area contributed by atoms with Crippen LogP contribution in [0.15, 0.2) is 40.7 Å². The highest BCUT2D eigenvalue weighted by Crippen LogP contribution is 2.39. The maximum absolute atomic E-state index is 4.49. The first-order valence-corrected chi connectivity index (χ1v) is 6.97. The van der Waals surface area contributed by atoms with Gasteiger partial charge in [0.2, 0.25) is 0 Å². The van der Waals surface area contributed by atoms with E-state index < -0.39 is 0 Å². The Labute approximate surface area is 112 Å². The molecule has 1 aliphatic carbocycles. The van der Waals surface area contributed by atoms with E-state index in [9.17, 15) is 0 Å². The summed E-state index contributed by atoms with van der Waals surface area (Å²) in [5.74, 6) is 0.628. The third-order valence-corrected chi connectivity index (χ3v) is 4.18. The third kappa shape index (κ3) is 1.79. The predicted octanol–water partition coefficient (Wildman–Crippen LogP) is 4.26. The number of fused-ring (bicyclic) bond motifs is 3. The van der Waals surface area contributed by atoms with Gasteiger partial charge in [0.15, 0.2) is 0 Å². The molecule has 96 valence electrons. The number of hydrogen-bond acceptors (Lipinski definition) is 4. The van der Waals surface area contributed by atoms with E-state index in [0.717, 1.165) is 22.3 Å². The number of anilines is 1. The molecule has 4 heteroatoms. The Balaban J connectivity index is 1.75. The number of pyridine rings is 1. The fourth-order valence-electron chi connectivity index (χ4n) is 3.13. The van der Waals surface area contributed by atoms with Crippen molar-refractivity contribution in [3.8, 4) is 0 Å². The molecule has 0 bridgehead atoms. The first kappa shape index (κ1) is 10.9. The molecule has 1 atom stereocenters. The second kappa shape index (κ2) is 4.30. The van der Waals surface area contributed by atoms with Crippen LogP contribution in [0.3, 0.4) is 0 Å². The molecule has 4 rings (SSSR count). The second-order valence-corrected chi connectivity index (χ2v) is 5.39. The van der Waals surface area contributed by atoms with Crippen LogP contribution in [0.2, 0.25) is 0 Å². The molecule has 0 radical (unpaired) electrons. The fraction of sp³-hybridized carbons (Fsp3) is 0.400. The quantitative estimate of drug-likeness (QED) is 0.824. The summed E-state index contributed by atoms with van der Waals surface area (Å²) in [6.45, 7) is 0. The molecular weight excluding hydrogens is 236 g/mol. The number of nitrogens with one attached hydrogen (secondary N) is 1. The smallest absolute Gasteiger partial charge is 0.143 e. The SMILES string of the molecule is c1ccc2c3c(cnc2c1)NC(C1CCCC1)N=N3. The average Bonchev–Trinajstić information content (AvgIpc) is 3.01. The van der Waals surface area contributed by atoms with Crippen molar-refractivity contribution in [2.45, 2.75) is 31.8 Å². The Hall–Kier alpha value is -1.97. The number of nitrogens with zero attached hydrogens (tertiary/aromatic N) is 3. The highest BCUT2D eigenvalue weighted by molar-refractivity contribution is 5.95. The Kier molecular flexibility index (Phi) is 2.47. The van der Waals surface area contributed by atoms with Gasteiger partial charge in [-0.3, -0.25) is 4.98 Å². The largest absolute Gasteiger partial charge is 0.359 e. The van der Waals surface area contributed by atoms with Gasteiger partial charge >= 0.3 is 0 Å². The van der Waals surface area contributed by atoms with E-state index in [4.69, 9.17) is 0 Å². The molecule has 0 saturated heterocycles. The lowest BCUT2D eigenvalue weighted by molar-refractivity contribution is 0.452. The number of aromatic nitrogens is 1. The van der Waals surface area contributed by atoms with E-state index in [2.05, 4.69) is 26.6 Å². The summed E-state index contributed by atoms with van der Waals surface area (Å²) in [6, 6.07) is 8.07. The van der Waals surface area contributed by atoms with Gasteiger partial charge in [0, 0.05) is 11.3 Å². The Morgan fingerprint density at radius 2 is 1.95 bits per heavy atom. The molecule has 2 aliphatic rings. The topological polar surface area (TPSA) is 49.6 Å². The lowest BCUT2D eigenvalue weighted by atomic mass is 10.0. The van der Waals surface area contributed by atoms with Gasteiger partial charge in [0.05, 0.1) is 17.4 Å². The van der Waals surface area contributed by atoms with Gasteiger partial charge in [-0.2, -0.15) is 10.2 Å². The lowest BCUT2D eigenvalue weighted by Gasteiger charge is -2.25. The summed E-state index contributed by atoms with van der Waals surface area (Å²) in [7, 11) is 0. The molecule has 0 amide bonds. The zero-order valence-electron chi connectivity index (χ0n) is 10.7. The number of rotatable bonds is 1. The number of para-hydroxylation sites is 1. The fourth-order valence-corrected chi connectivity index (χ4v) is 3.13. The summed E-state index contributed by atoms with van der Waals surface area (Å²) < 4.78 is 0. The standard InChI is InChI=1S/C15H16N4/c1-2-6-10(5-1)15-17-13-9-16-12-8-4-3-7-11(12)14(13)18-19-15/h3-4,7-10,15,17H,1-2,5-6H2. The van der Waals surface area contributed by atoms with Crippen molar-refractivity contribution in [3.05, 3.63) is 30.5 Å². The van der Waals surface area contributed by atoms with E-state index in [0.29, 0.717) is 5.92 Å². The predicted molar refractivity (Wildman–Crippen MR) is 75.6 cm³/mol. The first-order chi connectivity index (χ1) is 9.42. The Morgan fingerprint density at radius 3 is 2.84 bits per heavy atom. The zero-order valence-corrected chi connectivity index (χ0v) is 10.7. The van der Waals surface area contributed by atoms with Gasteiger partial charge in [-0.1, -0.05) is 31.0 Å². The van der Waals surface area contributed by atoms with Crippen molar-refractivity contribution in [3.63, 3.8) is 0 Å². The summed E-state index contributed by atoms with van der Waals surface area (Å²) in [5.41, 5.74) is 2.92. The molecule has 0 spiro atoms. The normalized spacial score (nSPS) is 22.4. The highest BCUT2D eigenvalue weighted by atomic mass is 15.3. The van der Waals surface area contributed by atoms with Crippen molar-refractivity contribution in [2.75, 3.05) is 5.32 Å². The lowest BCUT2D eigenvalue weighted by Crippen LogP contribution is -2.26. The molecule has 1 saturated carbocycles.